The van der Waals surface area contributed by atoms with E-state index in [9.17, 15) is 4.79 Å². The molecule has 0 unspecified atom stereocenters. The van der Waals surface area contributed by atoms with Gasteiger partial charge in [0.25, 0.3) is 0 Å². The standard InChI is InChI=1S/C16H21N3O/c17-9-7-12-11-19(15-4-2-1-3-14(12)15)10-8-16(20)18-13-5-6-13/h1-4,11,13H,5-10,17H2,(H,18,20). The monoisotopic (exact) mass is 271 g/mol. The molecule has 1 heterocycles. The highest BCUT2D eigenvalue weighted by Gasteiger charge is 2.22. The van der Waals surface area contributed by atoms with Gasteiger partial charge in [-0.1, -0.05) is 18.2 Å². The van der Waals surface area contributed by atoms with Gasteiger partial charge in [0.1, 0.15) is 0 Å². The van der Waals surface area contributed by atoms with Crippen LogP contribution in [-0.2, 0) is 17.8 Å². The molecule has 20 heavy (non-hydrogen) atoms. The van der Waals surface area contributed by atoms with E-state index in [-0.39, 0.29) is 5.91 Å². The summed E-state index contributed by atoms with van der Waals surface area (Å²) in [4.78, 5) is 11.8. The van der Waals surface area contributed by atoms with Gasteiger partial charge in [-0.05, 0) is 37.4 Å². The second-order valence-electron chi connectivity index (χ2n) is 5.50. The Hall–Kier alpha value is -1.81. The van der Waals surface area contributed by atoms with Crippen LogP contribution in [0.5, 0.6) is 0 Å². The molecule has 1 aliphatic rings. The molecule has 1 aromatic carbocycles. The van der Waals surface area contributed by atoms with Crippen molar-refractivity contribution in [1.29, 1.82) is 0 Å². The maximum absolute atomic E-state index is 11.8. The molecule has 0 radical (unpaired) electrons. The van der Waals surface area contributed by atoms with Crippen molar-refractivity contribution in [3.8, 4) is 0 Å². The summed E-state index contributed by atoms with van der Waals surface area (Å²) < 4.78 is 2.17. The molecule has 1 saturated carbocycles. The van der Waals surface area contributed by atoms with E-state index in [1.54, 1.807) is 0 Å². The van der Waals surface area contributed by atoms with Gasteiger partial charge in [-0.3, -0.25) is 4.79 Å². The van der Waals surface area contributed by atoms with Crippen LogP contribution in [0.25, 0.3) is 10.9 Å². The third-order valence-corrected chi connectivity index (χ3v) is 3.81. The molecule has 0 atom stereocenters. The van der Waals surface area contributed by atoms with Gasteiger partial charge in [-0.15, -0.1) is 0 Å². The topological polar surface area (TPSA) is 60.0 Å². The van der Waals surface area contributed by atoms with Crippen LogP contribution in [0.2, 0.25) is 0 Å². The van der Waals surface area contributed by atoms with Crippen LogP contribution in [0.1, 0.15) is 24.8 Å². The fourth-order valence-corrected chi connectivity index (χ4v) is 2.61. The number of para-hydroxylation sites is 1. The van der Waals surface area contributed by atoms with Gasteiger partial charge in [0.15, 0.2) is 0 Å². The van der Waals surface area contributed by atoms with E-state index < -0.39 is 0 Å². The Morgan fingerprint density at radius 2 is 2.15 bits per heavy atom. The highest BCUT2D eigenvalue weighted by molar-refractivity contribution is 5.84. The van der Waals surface area contributed by atoms with Gasteiger partial charge in [0, 0.05) is 36.1 Å². The van der Waals surface area contributed by atoms with Gasteiger partial charge < -0.3 is 15.6 Å². The lowest BCUT2D eigenvalue weighted by Crippen LogP contribution is -2.26. The van der Waals surface area contributed by atoms with Crippen molar-refractivity contribution in [3.05, 3.63) is 36.0 Å². The summed E-state index contributed by atoms with van der Waals surface area (Å²) in [6.45, 7) is 1.37. The maximum atomic E-state index is 11.8. The van der Waals surface area contributed by atoms with E-state index in [2.05, 4.69) is 28.2 Å². The molecule has 1 amide bonds. The zero-order valence-corrected chi connectivity index (χ0v) is 11.6. The second kappa shape index (κ2) is 5.67. The van der Waals surface area contributed by atoms with Crippen molar-refractivity contribution in [2.45, 2.75) is 38.3 Å². The van der Waals surface area contributed by atoms with Gasteiger partial charge in [-0.2, -0.15) is 0 Å². The minimum absolute atomic E-state index is 0.158. The number of amides is 1. The molecular weight excluding hydrogens is 250 g/mol. The largest absolute Gasteiger partial charge is 0.353 e. The van der Waals surface area contributed by atoms with E-state index in [1.807, 2.05) is 12.1 Å². The van der Waals surface area contributed by atoms with Crippen LogP contribution < -0.4 is 11.1 Å². The van der Waals surface area contributed by atoms with Crippen LogP contribution in [0, 0.1) is 0 Å². The number of rotatable bonds is 6. The Labute approximate surface area is 118 Å². The third kappa shape index (κ3) is 2.85. The van der Waals surface area contributed by atoms with Gasteiger partial charge in [0.05, 0.1) is 0 Å². The minimum Gasteiger partial charge on any atom is -0.353 e. The second-order valence-corrected chi connectivity index (χ2v) is 5.50. The van der Waals surface area contributed by atoms with Crippen molar-refractivity contribution >= 4 is 16.8 Å². The normalized spacial score (nSPS) is 14.7. The Morgan fingerprint density at radius 3 is 2.90 bits per heavy atom. The number of nitrogens with two attached hydrogens (primary N) is 1. The van der Waals surface area contributed by atoms with E-state index >= 15 is 0 Å². The first-order valence-corrected chi connectivity index (χ1v) is 7.34. The fourth-order valence-electron chi connectivity index (χ4n) is 2.61. The molecular formula is C16H21N3O. The molecule has 106 valence electrons. The molecule has 0 spiro atoms. The van der Waals surface area contributed by atoms with Crippen LogP contribution >= 0.6 is 0 Å². The predicted octanol–water partition coefficient (Wildman–Crippen LogP) is 1.81. The Kier molecular flexibility index (Phi) is 3.74. The average Bonchev–Trinajstić information content (AvgIpc) is 3.19. The summed E-state index contributed by atoms with van der Waals surface area (Å²) in [6, 6.07) is 8.76. The van der Waals surface area contributed by atoms with E-state index in [1.165, 1.54) is 16.5 Å². The summed E-state index contributed by atoms with van der Waals surface area (Å²) >= 11 is 0. The van der Waals surface area contributed by atoms with Gasteiger partial charge >= 0.3 is 0 Å². The minimum atomic E-state index is 0.158. The molecule has 1 aromatic heterocycles. The molecule has 4 nitrogen and oxygen atoms in total. The van der Waals surface area contributed by atoms with Gasteiger partial charge in [0.2, 0.25) is 5.91 Å². The zero-order chi connectivity index (χ0) is 13.9. The van der Waals surface area contributed by atoms with E-state index in [4.69, 9.17) is 5.73 Å². The molecule has 1 fully saturated rings. The highest BCUT2D eigenvalue weighted by Crippen LogP contribution is 2.22. The molecule has 0 bridgehead atoms. The van der Waals surface area contributed by atoms with Crippen LogP contribution in [0.15, 0.2) is 30.5 Å². The molecule has 3 N–H and O–H groups in total. The number of aromatic nitrogens is 1. The molecule has 4 heteroatoms. The molecule has 0 aliphatic heterocycles. The molecule has 2 aromatic rings. The van der Waals surface area contributed by atoms with Crippen molar-refractivity contribution in [2.75, 3.05) is 6.54 Å². The number of carbonyl (C=O) groups excluding carboxylic acids is 1. The smallest absolute Gasteiger partial charge is 0.222 e. The Balaban J connectivity index is 1.74. The molecule has 3 rings (SSSR count). The fraction of sp³-hybridized carbons (Fsp3) is 0.438. The lowest BCUT2D eigenvalue weighted by atomic mass is 10.1. The number of aryl methyl sites for hydroxylation is 1. The predicted molar refractivity (Wildman–Crippen MR) is 80.5 cm³/mol. The number of hydrogen-bond acceptors (Lipinski definition) is 2. The van der Waals surface area contributed by atoms with Crippen LogP contribution in [0.4, 0.5) is 0 Å². The lowest BCUT2D eigenvalue weighted by Gasteiger charge is -2.06. The van der Waals surface area contributed by atoms with E-state index in [0.717, 1.165) is 25.8 Å². The Bertz CT molecular complexity index is 613. The third-order valence-electron chi connectivity index (χ3n) is 3.81. The number of fused-ring (bicyclic) bond motifs is 1. The van der Waals surface area contributed by atoms with Crippen molar-refractivity contribution < 1.29 is 4.79 Å². The van der Waals surface area contributed by atoms with Crippen molar-refractivity contribution in [1.82, 2.24) is 9.88 Å². The first-order chi connectivity index (χ1) is 9.78. The SMILES string of the molecule is NCCc1cn(CCC(=O)NC2CC2)c2ccccc12. The highest BCUT2D eigenvalue weighted by atomic mass is 16.1. The first kappa shape index (κ1) is 13.2. The molecule has 1 aliphatic carbocycles. The summed E-state index contributed by atoms with van der Waals surface area (Å²) in [5, 5.41) is 4.28. The number of hydrogen-bond donors (Lipinski definition) is 2. The number of carbonyl (C=O) groups is 1. The van der Waals surface area contributed by atoms with Gasteiger partial charge in [-0.25, -0.2) is 0 Å². The van der Waals surface area contributed by atoms with Crippen molar-refractivity contribution in [2.24, 2.45) is 5.73 Å². The first-order valence-electron chi connectivity index (χ1n) is 7.34. The Morgan fingerprint density at radius 1 is 1.35 bits per heavy atom. The maximum Gasteiger partial charge on any atom is 0.222 e. The molecule has 0 saturated heterocycles. The quantitative estimate of drug-likeness (QED) is 0.842. The lowest BCUT2D eigenvalue weighted by molar-refractivity contribution is -0.121. The van der Waals surface area contributed by atoms with E-state index in [0.29, 0.717) is 19.0 Å². The average molecular weight is 271 g/mol. The summed E-state index contributed by atoms with van der Waals surface area (Å²) in [5.41, 5.74) is 8.13. The zero-order valence-electron chi connectivity index (χ0n) is 11.6. The summed E-state index contributed by atoms with van der Waals surface area (Å²) in [7, 11) is 0. The van der Waals surface area contributed by atoms with Crippen LogP contribution in [0.3, 0.4) is 0 Å². The number of nitrogens with zero attached hydrogens (tertiary/aromatic N) is 1. The number of nitrogens with one attached hydrogen (secondary N) is 1. The summed E-state index contributed by atoms with van der Waals surface area (Å²) in [5.74, 6) is 0.158. The van der Waals surface area contributed by atoms with Crippen molar-refractivity contribution in [3.63, 3.8) is 0 Å². The number of benzene rings is 1. The summed E-state index contributed by atoms with van der Waals surface area (Å²) in [6.07, 6.45) is 5.83. The van der Waals surface area contributed by atoms with Crippen LogP contribution in [-0.4, -0.2) is 23.1 Å².